The standard InChI is InChI=1S/C11H12N2O/c1-3-10-4-11(8(2)5-12-10)9-6-13-14-7-9/h4-7H,3H2,1-2H3. The molecule has 0 aromatic carbocycles. The van der Waals surface area contributed by atoms with Gasteiger partial charge in [-0.15, -0.1) is 0 Å². The number of rotatable bonds is 2. The van der Waals surface area contributed by atoms with Crippen molar-refractivity contribution >= 4 is 0 Å². The zero-order valence-electron chi connectivity index (χ0n) is 8.32. The molecule has 0 amide bonds. The van der Waals surface area contributed by atoms with Crippen molar-refractivity contribution in [1.82, 2.24) is 10.1 Å². The molecule has 0 bridgehead atoms. The first kappa shape index (κ1) is 8.94. The molecule has 0 fully saturated rings. The molecule has 0 aliphatic carbocycles. The average molecular weight is 188 g/mol. The van der Waals surface area contributed by atoms with Crippen molar-refractivity contribution in [1.29, 1.82) is 0 Å². The van der Waals surface area contributed by atoms with Crippen molar-refractivity contribution in [3.05, 3.63) is 36.0 Å². The molecule has 0 aliphatic heterocycles. The van der Waals surface area contributed by atoms with Crippen LogP contribution >= 0.6 is 0 Å². The van der Waals surface area contributed by atoms with Crippen LogP contribution in [0.2, 0.25) is 0 Å². The lowest BCUT2D eigenvalue weighted by Crippen LogP contribution is -1.90. The van der Waals surface area contributed by atoms with E-state index < -0.39 is 0 Å². The van der Waals surface area contributed by atoms with E-state index in [1.54, 1.807) is 12.5 Å². The van der Waals surface area contributed by atoms with Crippen LogP contribution < -0.4 is 0 Å². The summed E-state index contributed by atoms with van der Waals surface area (Å²) in [6, 6.07) is 2.09. The Hall–Kier alpha value is -1.64. The van der Waals surface area contributed by atoms with Gasteiger partial charge in [-0.25, -0.2) is 0 Å². The van der Waals surface area contributed by atoms with Crippen LogP contribution in [0.3, 0.4) is 0 Å². The second kappa shape index (κ2) is 3.62. The number of aryl methyl sites for hydroxylation is 2. The first-order valence-electron chi connectivity index (χ1n) is 4.66. The second-order valence-corrected chi connectivity index (χ2v) is 3.26. The Morgan fingerprint density at radius 3 is 2.86 bits per heavy atom. The third-order valence-corrected chi connectivity index (χ3v) is 2.27. The van der Waals surface area contributed by atoms with Gasteiger partial charge in [0.1, 0.15) is 6.26 Å². The van der Waals surface area contributed by atoms with Crippen LogP contribution in [-0.2, 0) is 6.42 Å². The summed E-state index contributed by atoms with van der Waals surface area (Å²) in [6.45, 7) is 4.13. The number of pyridine rings is 1. The Morgan fingerprint density at radius 2 is 2.21 bits per heavy atom. The van der Waals surface area contributed by atoms with Crippen LogP contribution in [0.4, 0.5) is 0 Å². The van der Waals surface area contributed by atoms with Gasteiger partial charge in [0.15, 0.2) is 0 Å². The SMILES string of the molecule is CCc1cc(-c2cnoc2)c(C)cn1. The van der Waals surface area contributed by atoms with Gasteiger partial charge in [0.2, 0.25) is 0 Å². The first-order valence-corrected chi connectivity index (χ1v) is 4.66. The quantitative estimate of drug-likeness (QED) is 0.727. The number of hydrogen-bond acceptors (Lipinski definition) is 3. The lowest BCUT2D eigenvalue weighted by Gasteiger charge is -2.03. The molecular formula is C11H12N2O. The molecule has 3 nitrogen and oxygen atoms in total. The molecule has 0 radical (unpaired) electrons. The summed E-state index contributed by atoms with van der Waals surface area (Å²) in [5.41, 5.74) is 4.40. The maximum absolute atomic E-state index is 4.83. The highest BCUT2D eigenvalue weighted by atomic mass is 16.5. The van der Waals surface area contributed by atoms with Crippen LogP contribution in [0.25, 0.3) is 11.1 Å². The van der Waals surface area contributed by atoms with E-state index >= 15 is 0 Å². The minimum absolute atomic E-state index is 0.943. The largest absolute Gasteiger partial charge is 0.364 e. The molecular weight excluding hydrogens is 176 g/mol. The Bertz CT molecular complexity index is 421. The summed E-state index contributed by atoms with van der Waals surface area (Å²) in [4.78, 5) is 4.32. The van der Waals surface area contributed by atoms with Gasteiger partial charge in [0.25, 0.3) is 0 Å². The fourth-order valence-electron chi connectivity index (χ4n) is 1.41. The lowest BCUT2D eigenvalue weighted by molar-refractivity contribution is 0.420. The van der Waals surface area contributed by atoms with E-state index in [9.17, 15) is 0 Å². The fourth-order valence-corrected chi connectivity index (χ4v) is 1.41. The second-order valence-electron chi connectivity index (χ2n) is 3.26. The summed E-state index contributed by atoms with van der Waals surface area (Å²) >= 11 is 0. The van der Waals surface area contributed by atoms with Crippen molar-refractivity contribution in [2.45, 2.75) is 20.3 Å². The Balaban J connectivity index is 2.51. The van der Waals surface area contributed by atoms with Crippen molar-refractivity contribution in [2.24, 2.45) is 0 Å². The van der Waals surface area contributed by atoms with E-state index in [2.05, 4.69) is 23.1 Å². The molecule has 2 heterocycles. The average Bonchev–Trinajstić information content (AvgIpc) is 2.71. The number of hydrogen-bond donors (Lipinski definition) is 0. The zero-order chi connectivity index (χ0) is 9.97. The molecule has 72 valence electrons. The molecule has 2 aromatic heterocycles. The van der Waals surface area contributed by atoms with Crippen LogP contribution in [0.15, 0.2) is 29.2 Å². The molecule has 3 heteroatoms. The van der Waals surface area contributed by atoms with Crippen molar-refractivity contribution in [3.63, 3.8) is 0 Å². The zero-order valence-corrected chi connectivity index (χ0v) is 8.32. The molecule has 0 spiro atoms. The monoisotopic (exact) mass is 188 g/mol. The van der Waals surface area contributed by atoms with Gasteiger partial charge in [-0.3, -0.25) is 4.98 Å². The normalized spacial score (nSPS) is 10.4. The summed E-state index contributed by atoms with van der Waals surface area (Å²) in [6.07, 6.45) is 6.21. The van der Waals surface area contributed by atoms with Crippen LogP contribution in [0.5, 0.6) is 0 Å². The van der Waals surface area contributed by atoms with Crippen LogP contribution in [0.1, 0.15) is 18.2 Å². The van der Waals surface area contributed by atoms with Crippen molar-refractivity contribution < 1.29 is 4.52 Å². The van der Waals surface area contributed by atoms with Gasteiger partial charge in [-0.2, -0.15) is 0 Å². The van der Waals surface area contributed by atoms with Crippen LogP contribution in [0, 0.1) is 6.92 Å². The predicted octanol–water partition coefficient (Wildman–Crippen LogP) is 2.61. The van der Waals surface area contributed by atoms with Gasteiger partial charge in [-0.1, -0.05) is 12.1 Å². The summed E-state index contributed by atoms with van der Waals surface area (Å²) < 4.78 is 4.83. The van der Waals surface area contributed by atoms with E-state index in [0.29, 0.717) is 0 Å². The highest BCUT2D eigenvalue weighted by molar-refractivity contribution is 5.65. The highest BCUT2D eigenvalue weighted by Crippen LogP contribution is 2.22. The molecule has 0 atom stereocenters. The maximum atomic E-state index is 4.83. The lowest BCUT2D eigenvalue weighted by atomic mass is 10.0. The van der Waals surface area contributed by atoms with Crippen molar-refractivity contribution in [2.75, 3.05) is 0 Å². The Morgan fingerprint density at radius 1 is 1.36 bits per heavy atom. The molecule has 0 saturated heterocycles. The molecule has 0 aliphatic rings. The van der Waals surface area contributed by atoms with Gasteiger partial charge < -0.3 is 4.52 Å². The van der Waals surface area contributed by atoms with Crippen LogP contribution in [-0.4, -0.2) is 10.1 Å². The fraction of sp³-hybridized carbons (Fsp3) is 0.273. The molecule has 14 heavy (non-hydrogen) atoms. The Kier molecular flexibility index (Phi) is 2.31. The summed E-state index contributed by atoms with van der Waals surface area (Å²) in [5, 5.41) is 3.70. The van der Waals surface area contributed by atoms with Gasteiger partial charge in [-0.05, 0) is 30.5 Å². The molecule has 0 N–H and O–H groups in total. The minimum atomic E-state index is 0.943. The van der Waals surface area contributed by atoms with Gasteiger partial charge in [0.05, 0.1) is 6.20 Å². The van der Waals surface area contributed by atoms with Crippen molar-refractivity contribution in [3.8, 4) is 11.1 Å². The number of nitrogens with zero attached hydrogens (tertiary/aromatic N) is 2. The molecule has 2 aromatic rings. The van der Waals surface area contributed by atoms with E-state index in [1.165, 1.54) is 0 Å². The van der Waals surface area contributed by atoms with E-state index in [1.807, 2.05) is 13.1 Å². The molecule has 2 rings (SSSR count). The first-order chi connectivity index (χ1) is 6.81. The Labute approximate surface area is 82.8 Å². The van der Waals surface area contributed by atoms with Gasteiger partial charge >= 0.3 is 0 Å². The highest BCUT2D eigenvalue weighted by Gasteiger charge is 2.05. The topological polar surface area (TPSA) is 38.9 Å². The van der Waals surface area contributed by atoms with E-state index in [4.69, 9.17) is 4.52 Å². The predicted molar refractivity (Wildman–Crippen MR) is 53.8 cm³/mol. The van der Waals surface area contributed by atoms with E-state index in [0.717, 1.165) is 28.8 Å². The van der Waals surface area contributed by atoms with E-state index in [-0.39, 0.29) is 0 Å². The maximum Gasteiger partial charge on any atom is 0.131 e. The molecule has 0 unspecified atom stereocenters. The molecule has 0 saturated carbocycles. The number of aromatic nitrogens is 2. The van der Waals surface area contributed by atoms with Gasteiger partial charge in [0, 0.05) is 17.5 Å². The minimum Gasteiger partial charge on any atom is -0.364 e. The third-order valence-electron chi connectivity index (χ3n) is 2.27. The summed E-state index contributed by atoms with van der Waals surface area (Å²) in [5.74, 6) is 0. The smallest absolute Gasteiger partial charge is 0.131 e. The summed E-state index contributed by atoms with van der Waals surface area (Å²) in [7, 11) is 0. The third kappa shape index (κ3) is 1.53.